The van der Waals surface area contributed by atoms with Crippen molar-refractivity contribution in [1.82, 2.24) is 5.32 Å². The fourth-order valence-corrected chi connectivity index (χ4v) is 3.21. The Balaban J connectivity index is 2.10. The van der Waals surface area contributed by atoms with E-state index in [1.54, 1.807) is 14.2 Å². The Bertz CT molecular complexity index is 629. The van der Waals surface area contributed by atoms with Crippen LogP contribution in [-0.2, 0) is 6.42 Å². The van der Waals surface area contributed by atoms with Crippen molar-refractivity contribution < 1.29 is 9.47 Å². The molecule has 0 saturated carbocycles. The van der Waals surface area contributed by atoms with Crippen molar-refractivity contribution in [3.63, 3.8) is 0 Å². The lowest BCUT2D eigenvalue weighted by Crippen LogP contribution is -2.12. The molecule has 1 atom stereocenters. The zero-order valence-electron chi connectivity index (χ0n) is 12.8. The normalized spacial score (nSPS) is 16.6. The third-order valence-electron chi connectivity index (χ3n) is 4.29. The first kappa shape index (κ1) is 14.0. The minimum absolute atomic E-state index is 0.480. The fourth-order valence-electron chi connectivity index (χ4n) is 3.21. The fraction of sp³-hybridized carbons (Fsp3) is 0.333. The Hall–Kier alpha value is -2.00. The maximum absolute atomic E-state index is 5.51. The number of benzene rings is 2. The molecule has 0 bridgehead atoms. The van der Waals surface area contributed by atoms with Crippen LogP contribution in [0.1, 0.15) is 23.6 Å². The molecule has 0 radical (unpaired) electrons. The molecule has 0 spiro atoms. The van der Waals surface area contributed by atoms with Crippen molar-refractivity contribution in [2.75, 3.05) is 21.3 Å². The Labute approximate surface area is 125 Å². The number of fused-ring (bicyclic) bond motifs is 1. The quantitative estimate of drug-likeness (QED) is 0.930. The molecule has 3 rings (SSSR count). The van der Waals surface area contributed by atoms with Crippen LogP contribution in [0.15, 0.2) is 36.4 Å². The van der Waals surface area contributed by atoms with Crippen LogP contribution in [0.25, 0.3) is 11.1 Å². The molecule has 1 aliphatic rings. The minimum atomic E-state index is 0.480. The first-order valence-electron chi connectivity index (χ1n) is 7.30. The monoisotopic (exact) mass is 283 g/mol. The smallest absolute Gasteiger partial charge is 0.130 e. The molecule has 3 nitrogen and oxygen atoms in total. The van der Waals surface area contributed by atoms with Crippen LogP contribution in [0, 0.1) is 0 Å². The zero-order chi connectivity index (χ0) is 14.8. The number of rotatable bonds is 4. The largest absolute Gasteiger partial charge is 0.496 e. The highest BCUT2D eigenvalue weighted by Gasteiger charge is 2.22. The summed E-state index contributed by atoms with van der Waals surface area (Å²) < 4.78 is 11.0. The van der Waals surface area contributed by atoms with Crippen molar-refractivity contribution >= 4 is 0 Å². The van der Waals surface area contributed by atoms with E-state index in [4.69, 9.17) is 9.47 Å². The second-order valence-electron chi connectivity index (χ2n) is 5.33. The van der Waals surface area contributed by atoms with Gasteiger partial charge in [0.25, 0.3) is 0 Å². The average Bonchev–Trinajstić information content (AvgIpc) is 2.96. The van der Waals surface area contributed by atoms with Gasteiger partial charge in [-0.2, -0.15) is 0 Å². The van der Waals surface area contributed by atoms with Crippen LogP contribution in [0.3, 0.4) is 0 Å². The molecule has 0 heterocycles. The van der Waals surface area contributed by atoms with E-state index in [-0.39, 0.29) is 0 Å². The van der Waals surface area contributed by atoms with Gasteiger partial charge in [-0.15, -0.1) is 0 Å². The van der Waals surface area contributed by atoms with E-state index < -0.39 is 0 Å². The highest BCUT2D eigenvalue weighted by Crippen LogP contribution is 2.41. The maximum Gasteiger partial charge on any atom is 0.130 e. The number of hydrogen-bond donors (Lipinski definition) is 1. The predicted octanol–water partition coefficient (Wildman–Crippen LogP) is 3.58. The van der Waals surface area contributed by atoms with Crippen LogP contribution in [-0.4, -0.2) is 21.3 Å². The van der Waals surface area contributed by atoms with Gasteiger partial charge in [-0.25, -0.2) is 0 Å². The highest BCUT2D eigenvalue weighted by molar-refractivity contribution is 5.77. The number of hydrogen-bond acceptors (Lipinski definition) is 3. The van der Waals surface area contributed by atoms with E-state index in [1.165, 1.54) is 17.5 Å². The first-order chi connectivity index (χ1) is 10.3. The molecule has 2 aromatic rings. The Morgan fingerprint density at radius 2 is 1.76 bits per heavy atom. The standard InChI is InChI=1S/C18H21NO2/c1-19-15-10-8-12-11-13(7-9-14(12)15)18-16(20-2)5-4-6-17(18)21-3/h4-7,9,11,15,19H,8,10H2,1-3H3. The summed E-state index contributed by atoms with van der Waals surface area (Å²) in [6, 6.07) is 13.0. The molecule has 1 aliphatic carbocycles. The minimum Gasteiger partial charge on any atom is -0.496 e. The summed E-state index contributed by atoms with van der Waals surface area (Å²) in [5.74, 6) is 1.69. The third kappa shape index (κ3) is 2.38. The van der Waals surface area contributed by atoms with E-state index >= 15 is 0 Å². The number of ether oxygens (including phenoxy) is 2. The lowest BCUT2D eigenvalue weighted by molar-refractivity contribution is 0.397. The number of aryl methyl sites for hydroxylation is 1. The topological polar surface area (TPSA) is 30.5 Å². The lowest BCUT2D eigenvalue weighted by Gasteiger charge is -2.15. The maximum atomic E-state index is 5.51. The van der Waals surface area contributed by atoms with Crippen LogP contribution in [0.4, 0.5) is 0 Å². The van der Waals surface area contributed by atoms with Gasteiger partial charge in [0.1, 0.15) is 11.5 Å². The lowest BCUT2D eigenvalue weighted by atomic mass is 9.98. The predicted molar refractivity (Wildman–Crippen MR) is 85.1 cm³/mol. The van der Waals surface area contributed by atoms with Gasteiger partial charge in [-0.05, 0) is 48.7 Å². The molecule has 1 unspecified atom stereocenters. The van der Waals surface area contributed by atoms with Gasteiger partial charge < -0.3 is 14.8 Å². The van der Waals surface area contributed by atoms with Crippen LogP contribution < -0.4 is 14.8 Å². The van der Waals surface area contributed by atoms with Gasteiger partial charge in [0.2, 0.25) is 0 Å². The van der Waals surface area contributed by atoms with E-state index in [2.05, 4.69) is 23.5 Å². The molecule has 0 aliphatic heterocycles. The number of methoxy groups -OCH3 is 2. The van der Waals surface area contributed by atoms with E-state index in [0.717, 1.165) is 29.0 Å². The van der Waals surface area contributed by atoms with Gasteiger partial charge in [0.15, 0.2) is 0 Å². The summed E-state index contributed by atoms with van der Waals surface area (Å²) >= 11 is 0. The summed E-state index contributed by atoms with van der Waals surface area (Å²) in [5.41, 5.74) is 5.01. The molecule has 0 amide bonds. The molecular formula is C18H21NO2. The van der Waals surface area contributed by atoms with Crippen LogP contribution in [0.5, 0.6) is 11.5 Å². The summed E-state index contributed by atoms with van der Waals surface area (Å²) in [6.45, 7) is 0. The van der Waals surface area contributed by atoms with Crippen LogP contribution in [0.2, 0.25) is 0 Å². The molecule has 110 valence electrons. The highest BCUT2D eigenvalue weighted by atomic mass is 16.5. The summed E-state index contributed by atoms with van der Waals surface area (Å²) in [4.78, 5) is 0. The molecule has 0 aromatic heterocycles. The molecule has 21 heavy (non-hydrogen) atoms. The molecule has 2 aromatic carbocycles. The summed E-state index contributed by atoms with van der Waals surface area (Å²) in [7, 11) is 5.42. The van der Waals surface area contributed by atoms with Crippen molar-refractivity contribution in [2.24, 2.45) is 0 Å². The van der Waals surface area contributed by atoms with Gasteiger partial charge >= 0.3 is 0 Å². The molecular weight excluding hydrogens is 262 g/mol. The molecule has 0 fully saturated rings. The van der Waals surface area contributed by atoms with Crippen molar-refractivity contribution in [3.05, 3.63) is 47.5 Å². The summed E-state index contributed by atoms with van der Waals surface area (Å²) in [6.07, 6.45) is 2.28. The molecule has 0 saturated heterocycles. The molecule has 1 N–H and O–H groups in total. The van der Waals surface area contributed by atoms with E-state index in [9.17, 15) is 0 Å². The first-order valence-corrected chi connectivity index (χ1v) is 7.30. The van der Waals surface area contributed by atoms with Gasteiger partial charge in [0, 0.05) is 6.04 Å². The van der Waals surface area contributed by atoms with E-state index in [0.29, 0.717) is 6.04 Å². The number of nitrogens with one attached hydrogen (secondary N) is 1. The van der Waals surface area contributed by atoms with Gasteiger partial charge in [-0.1, -0.05) is 24.3 Å². The van der Waals surface area contributed by atoms with Gasteiger partial charge in [0.05, 0.1) is 19.8 Å². The van der Waals surface area contributed by atoms with Crippen molar-refractivity contribution in [3.8, 4) is 22.6 Å². The van der Waals surface area contributed by atoms with Crippen LogP contribution >= 0.6 is 0 Å². The molecule has 3 heteroatoms. The van der Waals surface area contributed by atoms with Crippen molar-refractivity contribution in [2.45, 2.75) is 18.9 Å². The van der Waals surface area contributed by atoms with Crippen molar-refractivity contribution in [1.29, 1.82) is 0 Å². The summed E-state index contributed by atoms with van der Waals surface area (Å²) in [5, 5.41) is 3.38. The Kier molecular flexibility index (Phi) is 3.84. The second-order valence-corrected chi connectivity index (χ2v) is 5.33. The Morgan fingerprint density at radius 1 is 1.05 bits per heavy atom. The SMILES string of the molecule is CNC1CCc2cc(-c3c(OC)cccc3OC)ccc21. The van der Waals surface area contributed by atoms with Gasteiger partial charge in [-0.3, -0.25) is 0 Å². The third-order valence-corrected chi connectivity index (χ3v) is 4.29. The average molecular weight is 283 g/mol. The zero-order valence-corrected chi connectivity index (χ0v) is 12.8. The van der Waals surface area contributed by atoms with E-state index in [1.807, 2.05) is 25.2 Å². The second kappa shape index (κ2) is 5.78. The Morgan fingerprint density at radius 3 is 2.38 bits per heavy atom.